The van der Waals surface area contributed by atoms with Crippen LogP contribution in [0.4, 0.5) is 10.5 Å². The van der Waals surface area contributed by atoms with Crippen LogP contribution in [-0.4, -0.2) is 23.7 Å². The molecule has 2 amide bonds. The molecule has 0 spiro atoms. The quantitative estimate of drug-likeness (QED) is 0.719. The Morgan fingerprint density at radius 2 is 1.86 bits per heavy atom. The van der Waals surface area contributed by atoms with Crippen LogP contribution in [0.1, 0.15) is 26.7 Å². The van der Waals surface area contributed by atoms with Gasteiger partial charge in [-0.3, -0.25) is 4.79 Å². The van der Waals surface area contributed by atoms with Crippen LogP contribution >= 0.6 is 11.6 Å². The van der Waals surface area contributed by atoms with E-state index in [4.69, 9.17) is 16.7 Å². The highest BCUT2D eigenvalue weighted by Crippen LogP contribution is 2.15. The maximum absolute atomic E-state index is 11.8. The van der Waals surface area contributed by atoms with Crippen LogP contribution in [0, 0.1) is 11.8 Å². The van der Waals surface area contributed by atoms with Crippen molar-refractivity contribution >= 4 is 29.3 Å². The second-order valence-corrected chi connectivity index (χ2v) is 5.87. The first-order chi connectivity index (χ1) is 9.86. The first-order valence-electron chi connectivity index (χ1n) is 6.89. The van der Waals surface area contributed by atoms with Crippen molar-refractivity contribution in [2.45, 2.75) is 26.7 Å². The van der Waals surface area contributed by atoms with Crippen LogP contribution < -0.4 is 10.6 Å². The van der Waals surface area contributed by atoms with E-state index in [1.165, 1.54) is 0 Å². The SMILES string of the molecule is CC(C)C[C@H](CNC(=O)Nc1ccc(Cl)cc1)CC(=O)O. The molecule has 0 aromatic heterocycles. The van der Waals surface area contributed by atoms with E-state index in [0.717, 1.165) is 6.42 Å². The molecular weight excluding hydrogens is 292 g/mol. The van der Waals surface area contributed by atoms with E-state index in [9.17, 15) is 9.59 Å². The first kappa shape index (κ1) is 17.3. The average Bonchev–Trinajstić information content (AvgIpc) is 2.37. The highest BCUT2D eigenvalue weighted by Gasteiger charge is 2.16. The lowest BCUT2D eigenvalue weighted by Gasteiger charge is -2.18. The van der Waals surface area contributed by atoms with Crippen LogP contribution in [0.5, 0.6) is 0 Å². The van der Waals surface area contributed by atoms with Crippen LogP contribution in [0.15, 0.2) is 24.3 Å². The van der Waals surface area contributed by atoms with Crippen molar-refractivity contribution in [3.8, 4) is 0 Å². The summed E-state index contributed by atoms with van der Waals surface area (Å²) in [5, 5.41) is 14.9. The van der Waals surface area contributed by atoms with Gasteiger partial charge in [-0.15, -0.1) is 0 Å². The molecule has 0 heterocycles. The zero-order valence-corrected chi connectivity index (χ0v) is 13.0. The molecule has 0 saturated heterocycles. The molecule has 0 radical (unpaired) electrons. The lowest BCUT2D eigenvalue weighted by atomic mass is 9.94. The summed E-state index contributed by atoms with van der Waals surface area (Å²) < 4.78 is 0. The van der Waals surface area contributed by atoms with Crippen LogP contribution in [0.25, 0.3) is 0 Å². The highest BCUT2D eigenvalue weighted by atomic mass is 35.5. The minimum Gasteiger partial charge on any atom is -0.481 e. The molecule has 0 unspecified atom stereocenters. The number of hydrogen-bond acceptors (Lipinski definition) is 2. The van der Waals surface area contributed by atoms with Gasteiger partial charge in [0, 0.05) is 23.7 Å². The summed E-state index contributed by atoms with van der Waals surface area (Å²) in [5.74, 6) is -0.533. The van der Waals surface area contributed by atoms with Gasteiger partial charge in [-0.25, -0.2) is 4.79 Å². The third-order valence-corrected chi connectivity index (χ3v) is 3.17. The van der Waals surface area contributed by atoms with Crippen molar-refractivity contribution in [2.75, 3.05) is 11.9 Å². The molecule has 1 aromatic carbocycles. The van der Waals surface area contributed by atoms with E-state index in [-0.39, 0.29) is 18.4 Å². The molecule has 6 heteroatoms. The van der Waals surface area contributed by atoms with E-state index in [2.05, 4.69) is 10.6 Å². The summed E-state index contributed by atoms with van der Waals surface area (Å²) >= 11 is 5.76. The summed E-state index contributed by atoms with van der Waals surface area (Å²) in [4.78, 5) is 22.6. The molecule has 1 rings (SSSR count). The molecule has 0 saturated carbocycles. The predicted octanol–water partition coefficient (Wildman–Crippen LogP) is 3.60. The van der Waals surface area contributed by atoms with Crippen LogP contribution in [0.2, 0.25) is 5.02 Å². The topological polar surface area (TPSA) is 78.4 Å². The number of carboxylic acid groups (broad SMARTS) is 1. The summed E-state index contributed by atoms with van der Waals surface area (Å²) in [6.07, 6.45) is 0.812. The number of nitrogens with one attached hydrogen (secondary N) is 2. The molecule has 0 aliphatic carbocycles. The number of amides is 2. The minimum absolute atomic E-state index is 0.0550. The number of benzene rings is 1. The second kappa shape index (κ2) is 8.52. The number of carboxylic acids is 1. The number of urea groups is 1. The first-order valence-corrected chi connectivity index (χ1v) is 7.26. The number of rotatable bonds is 7. The van der Waals surface area contributed by atoms with Crippen LogP contribution in [0.3, 0.4) is 0 Å². The zero-order valence-electron chi connectivity index (χ0n) is 12.2. The van der Waals surface area contributed by atoms with Crippen LogP contribution in [-0.2, 0) is 4.79 Å². The van der Waals surface area contributed by atoms with E-state index in [0.29, 0.717) is 23.2 Å². The van der Waals surface area contributed by atoms with Crippen molar-refractivity contribution in [1.82, 2.24) is 5.32 Å². The fraction of sp³-hybridized carbons (Fsp3) is 0.467. The lowest BCUT2D eigenvalue weighted by molar-refractivity contribution is -0.138. The monoisotopic (exact) mass is 312 g/mol. The van der Waals surface area contributed by atoms with E-state index >= 15 is 0 Å². The van der Waals surface area contributed by atoms with Crippen molar-refractivity contribution in [3.05, 3.63) is 29.3 Å². The third kappa shape index (κ3) is 7.56. The van der Waals surface area contributed by atoms with Crippen molar-refractivity contribution in [3.63, 3.8) is 0 Å². The zero-order chi connectivity index (χ0) is 15.8. The molecular formula is C15H21ClN2O3. The Morgan fingerprint density at radius 3 is 2.38 bits per heavy atom. The molecule has 1 aromatic rings. The number of hydrogen-bond donors (Lipinski definition) is 3. The van der Waals surface area contributed by atoms with Crippen molar-refractivity contribution in [2.24, 2.45) is 11.8 Å². The number of carbonyl (C=O) groups excluding carboxylic acids is 1. The smallest absolute Gasteiger partial charge is 0.319 e. The molecule has 1 atom stereocenters. The van der Waals surface area contributed by atoms with Gasteiger partial charge in [0.25, 0.3) is 0 Å². The van der Waals surface area contributed by atoms with Gasteiger partial charge in [-0.1, -0.05) is 25.4 Å². The molecule has 0 fully saturated rings. The Bertz CT molecular complexity index is 474. The molecule has 0 aliphatic heterocycles. The highest BCUT2D eigenvalue weighted by molar-refractivity contribution is 6.30. The Balaban J connectivity index is 2.44. The number of anilines is 1. The van der Waals surface area contributed by atoms with E-state index in [1.807, 2.05) is 13.8 Å². The van der Waals surface area contributed by atoms with Crippen molar-refractivity contribution < 1.29 is 14.7 Å². The van der Waals surface area contributed by atoms with Crippen molar-refractivity contribution in [1.29, 1.82) is 0 Å². The Kier molecular flexibility index (Phi) is 7.02. The Hall–Kier alpha value is -1.75. The second-order valence-electron chi connectivity index (χ2n) is 5.44. The van der Waals surface area contributed by atoms with Gasteiger partial charge in [-0.05, 0) is 42.5 Å². The van der Waals surface area contributed by atoms with Gasteiger partial charge in [0.2, 0.25) is 0 Å². The average molecular weight is 313 g/mol. The third-order valence-electron chi connectivity index (χ3n) is 2.92. The number of aliphatic carboxylic acids is 1. The van der Waals surface area contributed by atoms with Gasteiger partial charge < -0.3 is 15.7 Å². The minimum atomic E-state index is -0.847. The van der Waals surface area contributed by atoms with Gasteiger partial charge in [0.05, 0.1) is 0 Å². The standard InChI is InChI=1S/C15H21ClN2O3/c1-10(2)7-11(8-14(19)20)9-17-15(21)18-13-5-3-12(16)4-6-13/h3-6,10-11H,7-9H2,1-2H3,(H,19,20)(H2,17,18,21)/t11-/m0/s1. The molecule has 3 N–H and O–H groups in total. The number of halogens is 1. The summed E-state index contributed by atoms with van der Waals surface area (Å²) in [6, 6.07) is 6.42. The fourth-order valence-electron chi connectivity index (χ4n) is 2.10. The summed E-state index contributed by atoms with van der Waals surface area (Å²) in [6.45, 7) is 4.40. The van der Waals surface area contributed by atoms with Gasteiger partial charge >= 0.3 is 12.0 Å². The maximum atomic E-state index is 11.8. The molecule has 0 bridgehead atoms. The largest absolute Gasteiger partial charge is 0.481 e. The molecule has 5 nitrogen and oxygen atoms in total. The molecule has 21 heavy (non-hydrogen) atoms. The lowest BCUT2D eigenvalue weighted by Crippen LogP contribution is -2.34. The predicted molar refractivity (Wildman–Crippen MR) is 83.7 cm³/mol. The Morgan fingerprint density at radius 1 is 1.24 bits per heavy atom. The summed E-state index contributed by atoms with van der Waals surface area (Å²) in [7, 11) is 0. The summed E-state index contributed by atoms with van der Waals surface area (Å²) in [5.41, 5.74) is 0.635. The van der Waals surface area contributed by atoms with Gasteiger partial charge in [-0.2, -0.15) is 0 Å². The fourth-order valence-corrected chi connectivity index (χ4v) is 2.22. The van der Waals surface area contributed by atoms with E-state index in [1.54, 1.807) is 24.3 Å². The van der Waals surface area contributed by atoms with Gasteiger partial charge in [0.1, 0.15) is 0 Å². The number of carbonyl (C=O) groups is 2. The van der Waals surface area contributed by atoms with E-state index < -0.39 is 5.97 Å². The Labute approximate surface area is 129 Å². The maximum Gasteiger partial charge on any atom is 0.319 e. The molecule has 0 aliphatic rings. The normalized spacial score (nSPS) is 12.0. The van der Waals surface area contributed by atoms with Gasteiger partial charge in [0.15, 0.2) is 0 Å². The molecule has 116 valence electrons.